The maximum Gasteiger partial charge on any atom is 0.0991 e. The minimum atomic E-state index is 0.631. The fraction of sp³-hybridized carbons (Fsp3) is 0. The molecule has 1 heterocycles. The van der Waals surface area contributed by atoms with Crippen LogP contribution in [0.1, 0.15) is 11.1 Å². The number of nitrogens with zero attached hydrogens (tertiary/aromatic N) is 2. The predicted molar refractivity (Wildman–Crippen MR) is 64.5 cm³/mol. The molecule has 0 saturated carbocycles. The van der Waals surface area contributed by atoms with Crippen LogP contribution in [0.4, 0.5) is 0 Å². The van der Waals surface area contributed by atoms with Gasteiger partial charge in [-0.05, 0) is 29.8 Å². The van der Waals surface area contributed by atoms with Crippen LogP contribution < -0.4 is 0 Å². The molecule has 0 aliphatic rings. The summed E-state index contributed by atoms with van der Waals surface area (Å²) in [6, 6.07) is 13.3. The van der Waals surface area contributed by atoms with Gasteiger partial charge >= 0.3 is 0 Å². The first-order valence-electron chi connectivity index (χ1n) is 4.93. The lowest BCUT2D eigenvalue weighted by molar-refractivity contribution is 1.32. The van der Waals surface area contributed by atoms with Gasteiger partial charge in [0.2, 0.25) is 0 Å². The second-order valence-electron chi connectivity index (χ2n) is 3.33. The first kappa shape index (κ1) is 10.1. The van der Waals surface area contributed by atoms with Crippen molar-refractivity contribution < 1.29 is 0 Å². The molecular weight excluding hydrogens is 196 g/mol. The van der Waals surface area contributed by atoms with E-state index in [2.05, 4.69) is 17.6 Å². The number of aromatic nitrogens is 1. The lowest BCUT2D eigenvalue weighted by Gasteiger charge is -2.05. The van der Waals surface area contributed by atoms with Crippen molar-refractivity contribution in [2.75, 3.05) is 0 Å². The highest BCUT2D eigenvalue weighted by Crippen LogP contribution is 2.23. The van der Waals surface area contributed by atoms with Crippen molar-refractivity contribution >= 4 is 6.08 Å². The molecule has 0 bridgehead atoms. The van der Waals surface area contributed by atoms with Gasteiger partial charge in [-0.25, -0.2) is 0 Å². The first-order valence-corrected chi connectivity index (χ1v) is 4.93. The van der Waals surface area contributed by atoms with Crippen molar-refractivity contribution in [3.63, 3.8) is 0 Å². The van der Waals surface area contributed by atoms with E-state index in [1.54, 1.807) is 18.3 Å². The van der Waals surface area contributed by atoms with E-state index < -0.39 is 0 Å². The zero-order chi connectivity index (χ0) is 11.4. The topological polar surface area (TPSA) is 36.7 Å². The third-order valence-corrected chi connectivity index (χ3v) is 2.34. The average molecular weight is 206 g/mol. The zero-order valence-corrected chi connectivity index (χ0v) is 8.72. The molecule has 0 aliphatic carbocycles. The molecule has 16 heavy (non-hydrogen) atoms. The van der Waals surface area contributed by atoms with Gasteiger partial charge in [-0.15, -0.1) is 0 Å². The van der Waals surface area contributed by atoms with Gasteiger partial charge < -0.3 is 0 Å². The van der Waals surface area contributed by atoms with E-state index in [1.807, 2.05) is 30.3 Å². The van der Waals surface area contributed by atoms with Gasteiger partial charge in [-0.1, -0.05) is 24.8 Å². The summed E-state index contributed by atoms with van der Waals surface area (Å²) in [5, 5.41) is 8.88. The Morgan fingerprint density at radius 1 is 1.25 bits per heavy atom. The van der Waals surface area contributed by atoms with Gasteiger partial charge in [0, 0.05) is 11.8 Å². The minimum absolute atomic E-state index is 0.631. The molecule has 0 spiro atoms. The van der Waals surface area contributed by atoms with Crippen LogP contribution in [0.3, 0.4) is 0 Å². The zero-order valence-electron chi connectivity index (χ0n) is 8.72. The van der Waals surface area contributed by atoms with Crippen molar-refractivity contribution in [2.45, 2.75) is 0 Å². The van der Waals surface area contributed by atoms with Gasteiger partial charge in [-0.2, -0.15) is 5.26 Å². The summed E-state index contributed by atoms with van der Waals surface area (Å²) in [6.45, 7) is 3.76. The van der Waals surface area contributed by atoms with Crippen LogP contribution in [-0.2, 0) is 0 Å². The van der Waals surface area contributed by atoms with Gasteiger partial charge in [0.15, 0.2) is 0 Å². The lowest BCUT2D eigenvalue weighted by atomic mass is 10.0. The van der Waals surface area contributed by atoms with E-state index in [0.717, 1.165) is 16.8 Å². The standard InChI is InChI=1S/C14H10N2/c1-2-12-7-6-11(10-15)9-13(12)14-5-3-4-8-16-14/h2-9H,1H2. The van der Waals surface area contributed by atoms with Gasteiger partial charge in [0.1, 0.15) is 0 Å². The number of hydrogen-bond donors (Lipinski definition) is 0. The van der Waals surface area contributed by atoms with Crippen LogP contribution in [0.15, 0.2) is 49.2 Å². The van der Waals surface area contributed by atoms with Crippen molar-refractivity contribution in [3.05, 3.63) is 60.3 Å². The Kier molecular flexibility index (Phi) is 2.79. The monoisotopic (exact) mass is 206 g/mol. The summed E-state index contributed by atoms with van der Waals surface area (Å²) in [5.74, 6) is 0. The lowest BCUT2D eigenvalue weighted by Crippen LogP contribution is -1.87. The molecule has 0 N–H and O–H groups in total. The summed E-state index contributed by atoms with van der Waals surface area (Å²) < 4.78 is 0. The molecule has 1 aromatic heterocycles. The molecule has 0 fully saturated rings. The fourth-order valence-corrected chi connectivity index (χ4v) is 1.55. The smallest absolute Gasteiger partial charge is 0.0991 e. The van der Waals surface area contributed by atoms with Crippen molar-refractivity contribution in [2.24, 2.45) is 0 Å². The number of nitriles is 1. The fourth-order valence-electron chi connectivity index (χ4n) is 1.55. The maximum absolute atomic E-state index is 8.88. The Hall–Kier alpha value is -2.40. The molecule has 0 atom stereocenters. The molecule has 0 amide bonds. The van der Waals surface area contributed by atoms with Crippen LogP contribution in [0.25, 0.3) is 17.3 Å². The Morgan fingerprint density at radius 2 is 2.12 bits per heavy atom. The number of hydrogen-bond acceptors (Lipinski definition) is 2. The minimum Gasteiger partial charge on any atom is -0.256 e. The van der Waals surface area contributed by atoms with Crippen LogP contribution in [-0.4, -0.2) is 4.98 Å². The van der Waals surface area contributed by atoms with Gasteiger partial charge in [-0.3, -0.25) is 4.98 Å². The first-order chi connectivity index (χ1) is 7.85. The third kappa shape index (κ3) is 1.84. The largest absolute Gasteiger partial charge is 0.256 e. The van der Waals surface area contributed by atoms with Crippen LogP contribution in [0.2, 0.25) is 0 Å². The molecule has 0 radical (unpaired) electrons. The van der Waals surface area contributed by atoms with E-state index in [1.165, 1.54) is 0 Å². The van der Waals surface area contributed by atoms with E-state index >= 15 is 0 Å². The molecule has 2 heteroatoms. The number of rotatable bonds is 2. The van der Waals surface area contributed by atoms with Crippen molar-refractivity contribution in [1.82, 2.24) is 4.98 Å². The molecule has 76 valence electrons. The Balaban J connectivity index is 2.63. The van der Waals surface area contributed by atoms with Crippen LogP contribution in [0.5, 0.6) is 0 Å². The second-order valence-corrected chi connectivity index (χ2v) is 3.33. The van der Waals surface area contributed by atoms with E-state index in [-0.39, 0.29) is 0 Å². The van der Waals surface area contributed by atoms with Crippen molar-refractivity contribution in [1.29, 1.82) is 5.26 Å². The van der Waals surface area contributed by atoms with Crippen molar-refractivity contribution in [3.8, 4) is 17.3 Å². The molecule has 0 aliphatic heterocycles. The Morgan fingerprint density at radius 3 is 2.75 bits per heavy atom. The second kappa shape index (κ2) is 4.41. The summed E-state index contributed by atoms with van der Waals surface area (Å²) >= 11 is 0. The predicted octanol–water partition coefficient (Wildman–Crippen LogP) is 3.26. The molecule has 0 unspecified atom stereocenters. The molecule has 2 rings (SSSR count). The molecule has 0 saturated heterocycles. The van der Waals surface area contributed by atoms with E-state index in [0.29, 0.717) is 5.56 Å². The molecule has 2 aromatic rings. The molecular formula is C14H10N2. The van der Waals surface area contributed by atoms with Gasteiger partial charge in [0.25, 0.3) is 0 Å². The summed E-state index contributed by atoms with van der Waals surface area (Å²) in [7, 11) is 0. The highest BCUT2D eigenvalue weighted by atomic mass is 14.7. The molecule has 1 aromatic carbocycles. The normalized spacial score (nSPS) is 9.44. The van der Waals surface area contributed by atoms with E-state index in [9.17, 15) is 0 Å². The summed E-state index contributed by atoms with van der Waals surface area (Å²) in [4.78, 5) is 4.28. The highest BCUT2D eigenvalue weighted by Gasteiger charge is 2.04. The Bertz CT molecular complexity index is 551. The number of benzene rings is 1. The SMILES string of the molecule is C=Cc1ccc(C#N)cc1-c1ccccn1. The summed E-state index contributed by atoms with van der Waals surface area (Å²) in [5.41, 5.74) is 3.41. The summed E-state index contributed by atoms with van der Waals surface area (Å²) in [6.07, 6.45) is 3.51. The maximum atomic E-state index is 8.88. The average Bonchev–Trinajstić information content (AvgIpc) is 2.39. The third-order valence-electron chi connectivity index (χ3n) is 2.34. The quantitative estimate of drug-likeness (QED) is 0.756. The number of pyridine rings is 1. The highest BCUT2D eigenvalue weighted by molar-refractivity contribution is 5.73. The Labute approximate surface area is 94.5 Å². The van der Waals surface area contributed by atoms with E-state index in [4.69, 9.17) is 5.26 Å². The molecule has 2 nitrogen and oxygen atoms in total. The van der Waals surface area contributed by atoms with Crippen LogP contribution >= 0.6 is 0 Å². The van der Waals surface area contributed by atoms with Gasteiger partial charge in [0.05, 0.1) is 17.3 Å². The van der Waals surface area contributed by atoms with Crippen LogP contribution in [0, 0.1) is 11.3 Å².